The molecule has 12 heavy (non-hydrogen) atoms. The van der Waals surface area contributed by atoms with Crippen LogP contribution in [0, 0.1) is 0 Å². The van der Waals surface area contributed by atoms with Gasteiger partial charge in [-0.1, -0.05) is 18.2 Å². The first-order valence-electron chi connectivity index (χ1n) is 3.71. The predicted octanol–water partition coefficient (Wildman–Crippen LogP) is 2.64. The Morgan fingerprint density at radius 2 is 1.42 bits per heavy atom. The fourth-order valence-electron chi connectivity index (χ4n) is 0.895. The molecule has 0 radical (unpaired) electrons. The predicted molar refractivity (Wildman–Crippen MR) is 45.9 cm³/mol. The Balaban J connectivity index is 0.0000000939. The third-order valence-corrected chi connectivity index (χ3v) is 1.55. The molecule has 0 saturated carbocycles. The minimum absolute atomic E-state index is 1.43. The molecule has 1 aliphatic heterocycles. The van der Waals surface area contributed by atoms with Crippen molar-refractivity contribution in [3.05, 3.63) is 48.9 Å². The topological polar surface area (TPSA) is 18.5 Å². The van der Waals surface area contributed by atoms with E-state index in [9.17, 15) is 0 Å². The van der Waals surface area contributed by atoms with Crippen molar-refractivity contribution in [1.82, 2.24) is 0 Å². The number of hydrogen-bond donors (Lipinski definition) is 0. The first-order chi connectivity index (χ1) is 5.97. The van der Waals surface area contributed by atoms with E-state index in [-0.39, 0.29) is 0 Å². The fourth-order valence-corrected chi connectivity index (χ4v) is 0.895. The SMILES string of the molecule is C1=COOC=C1.c1cc2cc-2c1. The highest BCUT2D eigenvalue weighted by Crippen LogP contribution is 2.32. The van der Waals surface area contributed by atoms with E-state index in [1.165, 1.54) is 23.7 Å². The van der Waals surface area contributed by atoms with Gasteiger partial charge in [-0.25, -0.2) is 0 Å². The molecular formula is C10H8O2. The van der Waals surface area contributed by atoms with Gasteiger partial charge in [0, 0.05) is 0 Å². The Morgan fingerprint density at radius 3 is 1.58 bits per heavy atom. The largest absolute Gasteiger partial charge is 0.299 e. The van der Waals surface area contributed by atoms with Crippen LogP contribution in [0.2, 0.25) is 0 Å². The van der Waals surface area contributed by atoms with Gasteiger partial charge in [0.25, 0.3) is 0 Å². The first-order valence-corrected chi connectivity index (χ1v) is 3.71. The Kier molecular flexibility index (Phi) is 1.82. The summed E-state index contributed by atoms with van der Waals surface area (Å²) in [7, 11) is 0. The maximum Gasteiger partial charge on any atom is 0.142 e. The number of rotatable bonds is 0. The maximum atomic E-state index is 4.30. The van der Waals surface area contributed by atoms with Crippen molar-refractivity contribution < 1.29 is 9.78 Å². The highest BCUT2D eigenvalue weighted by Gasteiger charge is 2.06. The lowest BCUT2D eigenvalue weighted by molar-refractivity contribution is -0.198. The van der Waals surface area contributed by atoms with Crippen LogP contribution in [0.3, 0.4) is 0 Å². The third-order valence-electron chi connectivity index (χ3n) is 1.55. The zero-order valence-electron chi connectivity index (χ0n) is 6.44. The monoisotopic (exact) mass is 160 g/mol. The van der Waals surface area contributed by atoms with Crippen molar-refractivity contribution in [3.63, 3.8) is 0 Å². The van der Waals surface area contributed by atoms with E-state index in [0.29, 0.717) is 0 Å². The van der Waals surface area contributed by atoms with Crippen LogP contribution in [0.15, 0.2) is 48.9 Å². The molecule has 0 aromatic heterocycles. The molecule has 3 aliphatic rings. The van der Waals surface area contributed by atoms with E-state index in [1.54, 1.807) is 12.2 Å². The highest BCUT2D eigenvalue weighted by molar-refractivity contribution is 5.80. The molecular weight excluding hydrogens is 152 g/mol. The molecule has 0 spiro atoms. The van der Waals surface area contributed by atoms with Crippen LogP contribution in [0.25, 0.3) is 11.1 Å². The normalized spacial score (nSPS) is 13.7. The molecule has 1 heterocycles. The van der Waals surface area contributed by atoms with E-state index in [2.05, 4.69) is 34.0 Å². The summed E-state index contributed by atoms with van der Waals surface area (Å²) in [6.07, 6.45) is 6.40. The van der Waals surface area contributed by atoms with Crippen LogP contribution in [-0.2, 0) is 9.78 Å². The quantitative estimate of drug-likeness (QED) is 0.551. The molecule has 0 N–H and O–H groups in total. The molecule has 0 unspecified atom stereocenters. The van der Waals surface area contributed by atoms with E-state index >= 15 is 0 Å². The van der Waals surface area contributed by atoms with Gasteiger partial charge in [-0.05, 0) is 29.3 Å². The smallest absolute Gasteiger partial charge is 0.142 e. The maximum absolute atomic E-state index is 4.30. The van der Waals surface area contributed by atoms with Gasteiger partial charge in [-0.2, -0.15) is 0 Å². The van der Waals surface area contributed by atoms with Crippen LogP contribution in [0.5, 0.6) is 0 Å². The second-order valence-corrected chi connectivity index (χ2v) is 2.43. The Labute approximate surface area is 70.7 Å². The molecule has 0 saturated heterocycles. The summed E-state index contributed by atoms with van der Waals surface area (Å²) < 4.78 is 0. The van der Waals surface area contributed by atoms with E-state index in [0.717, 1.165) is 0 Å². The lowest BCUT2D eigenvalue weighted by atomic mass is 10.6. The lowest BCUT2D eigenvalue weighted by Crippen LogP contribution is -1.78. The standard InChI is InChI=1S/C6H4.C4H4O2/c1-2-5-4-6(5)3-1;1-2-4-6-5-3-1/h2*1-4H. The molecule has 0 aromatic carbocycles. The van der Waals surface area contributed by atoms with E-state index < -0.39 is 0 Å². The molecule has 0 bridgehead atoms. The Bertz CT molecular complexity index is 297. The summed E-state index contributed by atoms with van der Waals surface area (Å²) in [6.45, 7) is 0. The summed E-state index contributed by atoms with van der Waals surface area (Å²) >= 11 is 0. The van der Waals surface area contributed by atoms with Crippen LogP contribution in [0.1, 0.15) is 0 Å². The molecule has 0 fully saturated rings. The van der Waals surface area contributed by atoms with Crippen molar-refractivity contribution in [2.75, 3.05) is 0 Å². The average Bonchev–Trinajstić information content (AvgIpc) is 2.78. The van der Waals surface area contributed by atoms with Crippen LogP contribution in [-0.4, -0.2) is 0 Å². The zero-order chi connectivity index (χ0) is 8.23. The van der Waals surface area contributed by atoms with E-state index in [4.69, 9.17) is 0 Å². The minimum Gasteiger partial charge on any atom is -0.299 e. The van der Waals surface area contributed by atoms with Crippen molar-refractivity contribution in [1.29, 1.82) is 0 Å². The average molecular weight is 160 g/mol. The minimum atomic E-state index is 1.43. The van der Waals surface area contributed by atoms with Crippen LogP contribution < -0.4 is 0 Å². The van der Waals surface area contributed by atoms with Crippen molar-refractivity contribution in [2.45, 2.75) is 0 Å². The van der Waals surface area contributed by atoms with Crippen LogP contribution in [0.4, 0.5) is 0 Å². The van der Waals surface area contributed by atoms with Gasteiger partial charge in [0.05, 0.1) is 0 Å². The summed E-state index contributed by atoms with van der Waals surface area (Å²) in [4.78, 5) is 8.60. The molecule has 2 heteroatoms. The molecule has 0 amide bonds. The summed E-state index contributed by atoms with van der Waals surface area (Å²) in [6, 6.07) is 8.48. The lowest BCUT2D eigenvalue weighted by Gasteiger charge is -1.94. The van der Waals surface area contributed by atoms with Gasteiger partial charge in [0.2, 0.25) is 0 Å². The highest BCUT2D eigenvalue weighted by atomic mass is 17.2. The van der Waals surface area contributed by atoms with Gasteiger partial charge in [0.1, 0.15) is 12.5 Å². The Morgan fingerprint density at radius 1 is 0.833 bits per heavy atom. The molecule has 60 valence electrons. The summed E-state index contributed by atoms with van der Waals surface area (Å²) in [5.41, 5.74) is 2.85. The number of allylic oxidation sites excluding steroid dienone is 2. The number of fused-ring (bicyclic) bond motifs is 1. The van der Waals surface area contributed by atoms with Gasteiger partial charge in [-0.15, -0.1) is 0 Å². The summed E-state index contributed by atoms with van der Waals surface area (Å²) in [5.74, 6) is 0. The van der Waals surface area contributed by atoms with Gasteiger partial charge >= 0.3 is 0 Å². The molecule has 3 rings (SSSR count). The molecule has 0 atom stereocenters. The zero-order valence-corrected chi connectivity index (χ0v) is 6.44. The van der Waals surface area contributed by atoms with Crippen molar-refractivity contribution in [2.24, 2.45) is 0 Å². The van der Waals surface area contributed by atoms with Crippen LogP contribution >= 0.6 is 0 Å². The van der Waals surface area contributed by atoms with Gasteiger partial charge in [-0.3, -0.25) is 9.78 Å². The fraction of sp³-hybridized carbons (Fsp3) is 0. The number of hydrogen-bond acceptors (Lipinski definition) is 2. The molecule has 0 aromatic rings. The van der Waals surface area contributed by atoms with Gasteiger partial charge in [0.15, 0.2) is 0 Å². The van der Waals surface area contributed by atoms with Crippen molar-refractivity contribution in [3.8, 4) is 11.1 Å². The first kappa shape index (κ1) is 6.98. The third kappa shape index (κ3) is 1.66. The van der Waals surface area contributed by atoms with E-state index in [1.807, 2.05) is 0 Å². The molecule has 2 nitrogen and oxygen atoms in total. The summed E-state index contributed by atoms with van der Waals surface area (Å²) in [5, 5.41) is 0. The second-order valence-electron chi connectivity index (χ2n) is 2.43. The second kappa shape index (κ2) is 3.13. The molecule has 2 aliphatic carbocycles. The Hall–Kier alpha value is -1.70. The number of benzene rings is 1. The van der Waals surface area contributed by atoms with Gasteiger partial charge < -0.3 is 0 Å². The van der Waals surface area contributed by atoms with Crippen molar-refractivity contribution >= 4 is 0 Å².